The van der Waals surface area contributed by atoms with E-state index in [0.29, 0.717) is 39.7 Å². The van der Waals surface area contributed by atoms with Crippen molar-refractivity contribution in [2.24, 2.45) is 0 Å². The molecule has 180 valence electrons. The van der Waals surface area contributed by atoms with Gasteiger partial charge >= 0.3 is 5.97 Å². The molecule has 8 heteroatoms. The molecule has 0 fully saturated rings. The second-order valence-corrected chi connectivity index (χ2v) is 9.44. The summed E-state index contributed by atoms with van der Waals surface area (Å²) in [6, 6.07) is 17.6. The van der Waals surface area contributed by atoms with Crippen LogP contribution in [0.3, 0.4) is 0 Å². The van der Waals surface area contributed by atoms with Crippen molar-refractivity contribution in [2.75, 3.05) is 5.32 Å². The van der Waals surface area contributed by atoms with Crippen LogP contribution in [-0.2, 0) is 22.6 Å². The lowest BCUT2D eigenvalue weighted by Gasteiger charge is -2.05. The highest BCUT2D eigenvalue weighted by atomic mass is 32.1. The first-order valence-corrected chi connectivity index (χ1v) is 12.2. The van der Waals surface area contributed by atoms with Crippen molar-refractivity contribution in [3.8, 4) is 11.3 Å². The van der Waals surface area contributed by atoms with Crippen LogP contribution in [0.15, 0.2) is 65.2 Å². The lowest BCUT2D eigenvalue weighted by Crippen LogP contribution is -2.12. The molecule has 0 unspecified atom stereocenters. The topological polar surface area (TPSA) is 94.3 Å². The average Bonchev–Trinajstić information content (AvgIpc) is 3.48. The molecule has 2 heterocycles. The summed E-state index contributed by atoms with van der Waals surface area (Å²) in [4.78, 5) is 33.8. The maximum Gasteiger partial charge on any atom is 0.350 e. The largest absolute Gasteiger partial charge is 0.457 e. The van der Waals surface area contributed by atoms with E-state index in [0.717, 1.165) is 22.5 Å². The number of rotatable bonds is 9. The Morgan fingerprint density at radius 3 is 2.54 bits per heavy atom. The SMILES string of the molecule is Cc1nc(NC(=O)CCc2ncc(-c3ccc(C(C)C)cc3)o2)sc1C(=O)OCc1ccccc1. The van der Waals surface area contributed by atoms with Gasteiger partial charge in [-0.25, -0.2) is 14.8 Å². The van der Waals surface area contributed by atoms with Crippen LogP contribution in [0.2, 0.25) is 0 Å². The van der Waals surface area contributed by atoms with Crippen LogP contribution in [0, 0.1) is 6.92 Å². The van der Waals surface area contributed by atoms with Gasteiger partial charge in [0.05, 0.1) is 11.9 Å². The molecule has 0 radical (unpaired) electrons. The van der Waals surface area contributed by atoms with Crippen LogP contribution < -0.4 is 5.32 Å². The van der Waals surface area contributed by atoms with Gasteiger partial charge in [0.2, 0.25) is 5.91 Å². The summed E-state index contributed by atoms with van der Waals surface area (Å²) >= 11 is 1.10. The van der Waals surface area contributed by atoms with Gasteiger partial charge in [-0.15, -0.1) is 0 Å². The number of nitrogens with one attached hydrogen (secondary N) is 1. The van der Waals surface area contributed by atoms with Gasteiger partial charge < -0.3 is 14.5 Å². The van der Waals surface area contributed by atoms with Crippen LogP contribution in [0.4, 0.5) is 5.13 Å². The molecule has 1 amide bonds. The molecule has 0 aliphatic rings. The normalized spacial score (nSPS) is 11.0. The van der Waals surface area contributed by atoms with Crippen molar-refractivity contribution in [1.82, 2.24) is 9.97 Å². The highest BCUT2D eigenvalue weighted by molar-refractivity contribution is 7.17. The molecular formula is C27H27N3O4S. The highest BCUT2D eigenvalue weighted by Gasteiger charge is 2.18. The first-order valence-electron chi connectivity index (χ1n) is 11.4. The zero-order valence-electron chi connectivity index (χ0n) is 19.9. The van der Waals surface area contributed by atoms with Crippen molar-refractivity contribution in [1.29, 1.82) is 0 Å². The number of esters is 1. The molecule has 0 aliphatic heterocycles. The Hall–Kier alpha value is -3.78. The molecule has 35 heavy (non-hydrogen) atoms. The number of carbonyl (C=O) groups excluding carboxylic acids is 2. The number of ether oxygens (including phenoxy) is 1. The van der Waals surface area contributed by atoms with Crippen LogP contribution >= 0.6 is 11.3 Å². The van der Waals surface area contributed by atoms with Gasteiger partial charge in [-0.2, -0.15) is 0 Å². The van der Waals surface area contributed by atoms with Gasteiger partial charge in [-0.1, -0.05) is 79.8 Å². The summed E-state index contributed by atoms with van der Waals surface area (Å²) in [5, 5.41) is 3.11. The van der Waals surface area contributed by atoms with Crippen LogP contribution in [0.5, 0.6) is 0 Å². The lowest BCUT2D eigenvalue weighted by atomic mass is 10.0. The Kier molecular flexibility index (Phi) is 7.72. The van der Waals surface area contributed by atoms with E-state index in [1.165, 1.54) is 5.56 Å². The average molecular weight is 490 g/mol. The number of hydrogen-bond donors (Lipinski definition) is 1. The van der Waals surface area contributed by atoms with Crippen LogP contribution in [0.1, 0.15) is 58.6 Å². The number of thiazole rings is 1. The van der Waals surface area contributed by atoms with Gasteiger partial charge in [-0.05, 0) is 24.0 Å². The first-order chi connectivity index (χ1) is 16.9. The molecule has 7 nitrogen and oxygen atoms in total. The van der Waals surface area contributed by atoms with E-state index >= 15 is 0 Å². The number of aryl methyl sites for hydroxylation is 2. The monoisotopic (exact) mass is 489 g/mol. The number of anilines is 1. The predicted molar refractivity (Wildman–Crippen MR) is 135 cm³/mol. The molecule has 4 rings (SSSR count). The van der Waals surface area contributed by atoms with Crippen LogP contribution in [-0.4, -0.2) is 21.8 Å². The van der Waals surface area contributed by atoms with Gasteiger partial charge in [-0.3, -0.25) is 4.79 Å². The van der Waals surface area contributed by atoms with Crippen molar-refractivity contribution in [3.63, 3.8) is 0 Å². The third-order valence-corrected chi connectivity index (χ3v) is 6.48. The Labute approximate surface area is 208 Å². The smallest absolute Gasteiger partial charge is 0.350 e. The predicted octanol–water partition coefficient (Wildman–Crippen LogP) is 6.16. The van der Waals surface area contributed by atoms with Gasteiger partial charge in [0, 0.05) is 18.4 Å². The fraction of sp³-hybridized carbons (Fsp3) is 0.259. The van der Waals surface area contributed by atoms with Crippen LogP contribution in [0.25, 0.3) is 11.3 Å². The summed E-state index contributed by atoms with van der Waals surface area (Å²) in [6.45, 7) is 6.20. The lowest BCUT2D eigenvalue weighted by molar-refractivity contribution is -0.116. The number of benzene rings is 2. The zero-order valence-corrected chi connectivity index (χ0v) is 20.7. The van der Waals surface area contributed by atoms with Crippen molar-refractivity contribution in [2.45, 2.75) is 46.1 Å². The number of amides is 1. The van der Waals surface area contributed by atoms with Gasteiger partial charge in [0.25, 0.3) is 0 Å². The molecule has 2 aromatic heterocycles. The fourth-order valence-electron chi connectivity index (χ4n) is 3.42. The molecule has 0 aliphatic carbocycles. The molecule has 4 aromatic rings. The molecule has 0 atom stereocenters. The molecule has 2 aromatic carbocycles. The van der Waals surface area contributed by atoms with Crippen molar-refractivity contribution >= 4 is 28.3 Å². The van der Waals surface area contributed by atoms with E-state index in [-0.39, 0.29) is 18.9 Å². The minimum Gasteiger partial charge on any atom is -0.457 e. The Morgan fingerprint density at radius 1 is 1.09 bits per heavy atom. The Balaban J connectivity index is 1.29. The number of nitrogens with zero attached hydrogens (tertiary/aromatic N) is 2. The summed E-state index contributed by atoms with van der Waals surface area (Å²) in [5.74, 6) is 0.932. The Bertz CT molecular complexity index is 1290. The standard InChI is InChI=1S/C27H27N3O4S/c1-17(2)20-9-11-21(12-10-20)22-15-28-24(34-22)14-13-23(31)30-27-29-18(3)25(35-27)26(32)33-16-19-7-5-4-6-8-19/h4-12,15,17H,13-14,16H2,1-3H3,(H,29,30,31). The highest BCUT2D eigenvalue weighted by Crippen LogP contribution is 2.25. The summed E-state index contributed by atoms with van der Waals surface area (Å²) in [7, 11) is 0. The third-order valence-electron chi connectivity index (χ3n) is 5.42. The van der Waals surface area contributed by atoms with E-state index in [1.54, 1.807) is 13.1 Å². The van der Waals surface area contributed by atoms with E-state index in [2.05, 4.69) is 41.3 Å². The minimum atomic E-state index is -0.460. The second kappa shape index (κ2) is 11.1. The molecular weight excluding hydrogens is 462 g/mol. The molecule has 0 saturated heterocycles. The van der Waals surface area contributed by atoms with Crippen molar-refractivity contribution < 1.29 is 18.7 Å². The zero-order chi connectivity index (χ0) is 24.8. The summed E-state index contributed by atoms with van der Waals surface area (Å²) in [6.07, 6.45) is 2.21. The minimum absolute atomic E-state index is 0.179. The fourth-order valence-corrected chi connectivity index (χ4v) is 4.30. The van der Waals surface area contributed by atoms with E-state index in [9.17, 15) is 9.59 Å². The number of hydrogen-bond acceptors (Lipinski definition) is 7. The number of oxazole rings is 1. The van der Waals surface area contributed by atoms with Gasteiger partial charge in [0.1, 0.15) is 11.5 Å². The maximum atomic E-state index is 12.4. The first kappa shape index (κ1) is 24.3. The van der Waals surface area contributed by atoms with Gasteiger partial charge in [0.15, 0.2) is 16.8 Å². The molecule has 1 N–H and O–H groups in total. The molecule has 0 bridgehead atoms. The number of aromatic nitrogens is 2. The third kappa shape index (κ3) is 6.42. The number of carbonyl (C=O) groups is 2. The molecule has 0 saturated carbocycles. The maximum absolute atomic E-state index is 12.4. The second-order valence-electron chi connectivity index (χ2n) is 8.44. The van der Waals surface area contributed by atoms with E-state index < -0.39 is 5.97 Å². The summed E-state index contributed by atoms with van der Waals surface area (Å²) in [5.41, 5.74) is 3.63. The van der Waals surface area contributed by atoms with E-state index in [4.69, 9.17) is 9.15 Å². The van der Waals surface area contributed by atoms with Crippen molar-refractivity contribution in [3.05, 3.63) is 88.4 Å². The Morgan fingerprint density at radius 2 is 1.83 bits per heavy atom. The quantitative estimate of drug-likeness (QED) is 0.283. The summed E-state index contributed by atoms with van der Waals surface area (Å²) < 4.78 is 11.2. The van der Waals surface area contributed by atoms with E-state index in [1.807, 2.05) is 42.5 Å². The molecule has 0 spiro atoms.